The first-order chi connectivity index (χ1) is 10.2. The molecular formula is C15H19N3O3. The molecule has 1 saturated heterocycles. The van der Waals surface area contributed by atoms with Crippen molar-refractivity contribution in [2.24, 2.45) is 0 Å². The average Bonchev–Trinajstić information content (AvgIpc) is 2.94. The van der Waals surface area contributed by atoms with Gasteiger partial charge in [0.25, 0.3) is 0 Å². The maximum absolute atomic E-state index is 11.9. The number of methoxy groups -OCH3 is 1. The number of carbonyl (C=O) groups excluding carboxylic acids is 1. The molecule has 0 saturated carbocycles. The molecule has 2 aromatic rings. The van der Waals surface area contributed by atoms with Crippen molar-refractivity contribution in [3.63, 3.8) is 0 Å². The number of aliphatic hydroxyl groups is 1. The van der Waals surface area contributed by atoms with E-state index in [1.807, 2.05) is 23.1 Å². The number of hydrogen-bond donors (Lipinski definition) is 2. The lowest BCUT2D eigenvalue weighted by Crippen LogP contribution is -2.52. The number of nitrogens with zero attached hydrogens (tertiary/aromatic N) is 2. The maximum atomic E-state index is 11.9. The van der Waals surface area contributed by atoms with Gasteiger partial charge in [-0.3, -0.25) is 14.8 Å². The van der Waals surface area contributed by atoms with Gasteiger partial charge < -0.3 is 9.84 Å². The zero-order chi connectivity index (χ0) is 14.8. The second-order valence-electron chi connectivity index (χ2n) is 5.44. The van der Waals surface area contributed by atoms with E-state index in [9.17, 15) is 9.90 Å². The Kier molecular flexibility index (Phi) is 3.90. The van der Waals surface area contributed by atoms with Crippen LogP contribution in [0, 0.1) is 0 Å². The molecule has 0 bridgehead atoms. The Morgan fingerprint density at radius 1 is 1.57 bits per heavy atom. The lowest BCUT2D eigenvalue weighted by atomic mass is 9.98. The van der Waals surface area contributed by atoms with Crippen molar-refractivity contribution in [2.75, 3.05) is 13.7 Å². The van der Waals surface area contributed by atoms with Gasteiger partial charge in [0.1, 0.15) is 6.04 Å². The molecule has 0 radical (unpaired) electrons. The number of aliphatic hydroxyl groups excluding tert-OH is 1. The number of benzene rings is 1. The molecule has 21 heavy (non-hydrogen) atoms. The lowest BCUT2D eigenvalue weighted by molar-refractivity contribution is -0.154. The fraction of sp³-hybridized carbons (Fsp3) is 0.467. The summed E-state index contributed by atoms with van der Waals surface area (Å²) in [6, 6.07) is 5.47. The molecule has 0 aliphatic carbocycles. The van der Waals surface area contributed by atoms with Crippen molar-refractivity contribution in [1.29, 1.82) is 0 Å². The summed E-state index contributed by atoms with van der Waals surface area (Å²) in [4.78, 5) is 13.9. The third kappa shape index (κ3) is 2.77. The molecule has 2 atom stereocenters. The fourth-order valence-corrected chi connectivity index (χ4v) is 2.97. The van der Waals surface area contributed by atoms with Crippen molar-refractivity contribution >= 4 is 16.9 Å². The second-order valence-corrected chi connectivity index (χ2v) is 5.44. The predicted molar refractivity (Wildman–Crippen MR) is 77.5 cm³/mol. The van der Waals surface area contributed by atoms with Crippen LogP contribution in [0.25, 0.3) is 10.9 Å². The van der Waals surface area contributed by atoms with E-state index < -0.39 is 12.1 Å². The Balaban J connectivity index is 1.81. The number of nitrogens with one attached hydrogen (secondary N) is 1. The first kappa shape index (κ1) is 14.0. The van der Waals surface area contributed by atoms with Crippen LogP contribution in [0.3, 0.4) is 0 Å². The van der Waals surface area contributed by atoms with Crippen molar-refractivity contribution in [3.8, 4) is 0 Å². The zero-order valence-corrected chi connectivity index (χ0v) is 12.0. The van der Waals surface area contributed by atoms with E-state index in [1.54, 1.807) is 6.20 Å². The van der Waals surface area contributed by atoms with Crippen LogP contribution < -0.4 is 0 Å². The van der Waals surface area contributed by atoms with Gasteiger partial charge in [-0.25, -0.2) is 0 Å². The van der Waals surface area contributed by atoms with Crippen molar-refractivity contribution in [3.05, 3.63) is 30.0 Å². The minimum absolute atomic E-state index is 0.371. The Morgan fingerprint density at radius 3 is 3.24 bits per heavy atom. The van der Waals surface area contributed by atoms with Crippen LogP contribution in [0.5, 0.6) is 0 Å². The van der Waals surface area contributed by atoms with Gasteiger partial charge in [0.05, 0.1) is 24.9 Å². The highest BCUT2D eigenvalue weighted by atomic mass is 16.5. The number of H-pyrrole nitrogens is 1. The summed E-state index contributed by atoms with van der Waals surface area (Å²) in [5.41, 5.74) is 2.05. The highest BCUT2D eigenvalue weighted by Crippen LogP contribution is 2.22. The Hall–Kier alpha value is -1.92. The first-order valence-corrected chi connectivity index (χ1v) is 7.11. The van der Waals surface area contributed by atoms with Crippen molar-refractivity contribution in [2.45, 2.75) is 31.5 Å². The number of fused-ring (bicyclic) bond motifs is 1. The van der Waals surface area contributed by atoms with E-state index in [-0.39, 0.29) is 5.97 Å². The second kappa shape index (κ2) is 5.83. The number of likely N-dealkylation sites (tertiary alicyclic amines) is 1. The van der Waals surface area contributed by atoms with E-state index in [1.165, 1.54) is 7.11 Å². The number of piperidine rings is 1. The molecule has 3 rings (SSSR count). The quantitative estimate of drug-likeness (QED) is 0.826. The van der Waals surface area contributed by atoms with Crippen LogP contribution in [0.1, 0.15) is 18.4 Å². The van der Waals surface area contributed by atoms with Crippen molar-refractivity contribution < 1.29 is 14.6 Å². The molecule has 2 heterocycles. The van der Waals surface area contributed by atoms with Crippen LogP contribution in [-0.4, -0.2) is 52.0 Å². The van der Waals surface area contributed by atoms with Crippen LogP contribution in [0.2, 0.25) is 0 Å². The molecular weight excluding hydrogens is 270 g/mol. The van der Waals surface area contributed by atoms with Crippen LogP contribution in [-0.2, 0) is 16.1 Å². The maximum Gasteiger partial charge on any atom is 0.325 e. The minimum atomic E-state index is -0.665. The topological polar surface area (TPSA) is 78.5 Å². The highest BCUT2D eigenvalue weighted by molar-refractivity contribution is 5.78. The molecule has 1 fully saturated rings. The third-order valence-corrected chi connectivity index (χ3v) is 4.04. The summed E-state index contributed by atoms with van der Waals surface area (Å²) >= 11 is 0. The third-order valence-electron chi connectivity index (χ3n) is 4.04. The molecule has 112 valence electrons. The van der Waals surface area contributed by atoms with Crippen LogP contribution in [0.4, 0.5) is 0 Å². The van der Waals surface area contributed by atoms with Gasteiger partial charge in [0.2, 0.25) is 0 Å². The monoisotopic (exact) mass is 289 g/mol. The summed E-state index contributed by atoms with van der Waals surface area (Å²) in [6.07, 6.45) is 2.62. The zero-order valence-electron chi connectivity index (χ0n) is 12.0. The summed E-state index contributed by atoms with van der Waals surface area (Å²) in [6.45, 7) is 1.38. The van der Waals surface area contributed by atoms with Gasteiger partial charge >= 0.3 is 5.97 Å². The van der Waals surface area contributed by atoms with Crippen molar-refractivity contribution in [1.82, 2.24) is 15.1 Å². The number of rotatable bonds is 3. The Bertz CT molecular complexity index is 640. The fourth-order valence-electron chi connectivity index (χ4n) is 2.97. The standard InChI is InChI=1S/C15H19N3O3/c1-21-15(20)14-13(19)3-2-6-18(14)9-10-4-5-11-8-16-17-12(11)7-10/h4-5,7-8,13-14,19H,2-3,6,9H2,1H3,(H,16,17)/t13-,14+/m1/s1. The molecule has 0 unspecified atom stereocenters. The van der Waals surface area contributed by atoms with Crippen LogP contribution in [0.15, 0.2) is 24.4 Å². The number of esters is 1. The van der Waals surface area contributed by atoms with Gasteiger partial charge in [-0.05, 0) is 31.0 Å². The molecule has 6 nitrogen and oxygen atoms in total. The smallest absolute Gasteiger partial charge is 0.325 e. The van der Waals surface area contributed by atoms with Gasteiger partial charge in [-0.2, -0.15) is 5.10 Å². The first-order valence-electron chi connectivity index (χ1n) is 7.11. The van der Waals surface area contributed by atoms with E-state index in [2.05, 4.69) is 10.2 Å². The molecule has 1 aromatic carbocycles. The molecule has 6 heteroatoms. The summed E-state index contributed by atoms with van der Waals surface area (Å²) in [7, 11) is 1.36. The minimum Gasteiger partial charge on any atom is -0.468 e. The number of aromatic amines is 1. The number of carbonyl (C=O) groups is 1. The predicted octanol–water partition coefficient (Wildman–Crippen LogP) is 1.06. The molecule has 0 amide bonds. The number of hydrogen-bond acceptors (Lipinski definition) is 5. The highest BCUT2D eigenvalue weighted by Gasteiger charge is 2.36. The normalized spacial score (nSPS) is 23.3. The van der Waals surface area contributed by atoms with Gasteiger partial charge in [0.15, 0.2) is 0 Å². The number of aromatic nitrogens is 2. The summed E-state index contributed by atoms with van der Waals surface area (Å²) < 4.78 is 4.83. The van der Waals surface area contributed by atoms with E-state index in [0.29, 0.717) is 13.0 Å². The van der Waals surface area contributed by atoms with E-state index in [0.717, 1.165) is 29.4 Å². The Morgan fingerprint density at radius 2 is 2.43 bits per heavy atom. The summed E-state index contributed by atoms with van der Waals surface area (Å²) in [5.74, 6) is -0.371. The molecule has 2 N–H and O–H groups in total. The van der Waals surface area contributed by atoms with E-state index in [4.69, 9.17) is 4.74 Å². The SMILES string of the molecule is COC(=O)[C@@H]1[C@H](O)CCCN1Cc1ccc2cn[nH]c2c1. The van der Waals surface area contributed by atoms with Gasteiger partial charge in [-0.15, -0.1) is 0 Å². The Labute approximate surface area is 122 Å². The number of ether oxygens (including phenoxy) is 1. The van der Waals surface area contributed by atoms with Gasteiger partial charge in [-0.1, -0.05) is 12.1 Å². The van der Waals surface area contributed by atoms with Gasteiger partial charge in [0, 0.05) is 11.9 Å². The largest absolute Gasteiger partial charge is 0.468 e. The molecule has 1 aliphatic rings. The van der Waals surface area contributed by atoms with E-state index >= 15 is 0 Å². The molecule has 0 spiro atoms. The molecule has 1 aliphatic heterocycles. The van der Waals surface area contributed by atoms with Crippen LogP contribution >= 0.6 is 0 Å². The molecule has 1 aromatic heterocycles. The summed E-state index contributed by atoms with van der Waals surface area (Å²) in [5, 5.41) is 18.1. The average molecular weight is 289 g/mol. The lowest BCUT2D eigenvalue weighted by Gasteiger charge is -2.37.